The van der Waals surface area contributed by atoms with Crippen LogP contribution in [0.3, 0.4) is 0 Å². The van der Waals surface area contributed by atoms with Crippen molar-refractivity contribution >= 4 is 57.2 Å². The van der Waals surface area contributed by atoms with Gasteiger partial charge in [-0.2, -0.15) is 0 Å². The van der Waals surface area contributed by atoms with E-state index in [-0.39, 0.29) is 37.0 Å². The summed E-state index contributed by atoms with van der Waals surface area (Å²) < 4.78 is 5.41. The number of thiazole rings is 1. The van der Waals surface area contributed by atoms with Crippen LogP contribution in [-0.2, 0) is 17.9 Å². The Morgan fingerprint density at radius 1 is 1.09 bits per heavy atom. The number of hydrogen-bond donors (Lipinski definition) is 2. The monoisotopic (exact) mass is 529 g/mol. The molecule has 2 amide bonds. The van der Waals surface area contributed by atoms with Crippen molar-refractivity contribution in [1.82, 2.24) is 20.2 Å². The molecular formula is C24H21Cl2N5O3S. The number of rotatable bonds is 10. The van der Waals surface area contributed by atoms with Gasteiger partial charge in [-0.15, -0.1) is 11.3 Å². The largest absolute Gasteiger partial charge is 0.467 e. The zero-order valence-corrected chi connectivity index (χ0v) is 20.7. The Morgan fingerprint density at radius 3 is 2.71 bits per heavy atom. The van der Waals surface area contributed by atoms with Crippen molar-refractivity contribution in [2.45, 2.75) is 19.5 Å². The number of pyridine rings is 1. The minimum atomic E-state index is -0.308. The predicted octanol–water partition coefficient (Wildman–Crippen LogP) is 5.53. The maximum atomic E-state index is 13.2. The Morgan fingerprint density at radius 2 is 1.97 bits per heavy atom. The van der Waals surface area contributed by atoms with E-state index in [1.807, 2.05) is 18.2 Å². The smallest absolute Gasteiger partial charge is 0.273 e. The second-order valence-electron chi connectivity index (χ2n) is 7.45. The Bertz CT molecular complexity index is 1280. The van der Waals surface area contributed by atoms with Crippen LogP contribution >= 0.6 is 34.5 Å². The first-order valence-electron chi connectivity index (χ1n) is 10.6. The summed E-state index contributed by atoms with van der Waals surface area (Å²) in [7, 11) is 0. The van der Waals surface area contributed by atoms with Crippen molar-refractivity contribution in [2.24, 2.45) is 0 Å². The molecule has 180 valence electrons. The van der Waals surface area contributed by atoms with E-state index >= 15 is 0 Å². The van der Waals surface area contributed by atoms with E-state index < -0.39 is 0 Å². The van der Waals surface area contributed by atoms with Gasteiger partial charge >= 0.3 is 0 Å². The molecule has 2 N–H and O–H groups in total. The fourth-order valence-corrected chi connectivity index (χ4v) is 4.15. The minimum absolute atomic E-state index is 0.123. The van der Waals surface area contributed by atoms with Crippen LogP contribution in [0.5, 0.6) is 0 Å². The average molecular weight is 530 g/mol. The number of amides is 2. The molecule has 0 radical (unpaired) electrons. The van der Waals surface area contributed by atoms with Gasteiger partial charge in [0.1, 0.15) is 11.5 Å². The van der Waals surface area contributed by atoms with Crippen molar-refractivity contribution in [3.8, 4) is 0 Å². The normalized spacial score (nSPS) is 10.7. The third-order valence-electron chi connectivity index (χ3n) is 4.91. The molecule has 0 bridgehead atoms. The van der Waals surface area contributed by atoms with E-state index in [0.717, 1.165) is 5.69 Å². The zero-order valence-electron chi connectivity index (χ0n) is 18.4. The standard InChI is InChI=1S/C24H21Cl2N5O3S/c25-19-7-6-16(12-20(19)26)29-24-30-21(15-35-24)23(33)31(14-18-5-3-11-34-18)10-8-22(32)28-13-17-4-1-2-9-27-17/h1-7,9,11-12,15H,8,10,13-14H2,(H,28,32)(H,29,30). The van der Waals surface area contributed by atoms with Gasteiger partial charge in [-0.1, -0.05) is 29.3 Å². The van der Waals surface area contributed by atoms with E-state index in [1.165, 1.54) is 16.2 Å². The van der Waals surface area contributed by atoms with Crippen LogP contribution in [0.15, 0.2) is 70.8 Å². The molecule has 0 unspecified atom stereocenters. The highest BCUT2D eigenvalue weighted by molar-refractivity contribution is 7.14. The number of carbonyl (C=O) groups is 2. The van der Waals surface area contributed by atoms with E-state index in [4.69, 9.17) is 27.6 Å². The molecular weight excluding hydrogens is 509 g/mol. The van der Waals surface area contributed by atoms with Gasteiger partial charge in [-0.3, -0.25) is 14.6 Å². The molecule has 0 atom stereocenters. The number of furan rings is 1. The van der Waals surface area contributed by atoms with Gasteiger partial charge in [0.2, 0.25) is 5.91 Å². The Balaban J connectivity index is 1.40. The highest BCUT2D eigenvalue weighted by atomic mass is 35.5. The van der Waals surface area contributed by atoms with Crippen LogP contribution in [0.4, 0.5) is 10.8 Å². The average Bonchev–Trinajstić information content (AvgIpc) is 3.55. The molecule has 0 spiro atoms. The van der Waals surface area contributed by atoms with E-state index in [0.29, 0.717) is 33.2 Å². The molecule has 35 heavy (non-hydrogen) atoms. The number of hydrogen-bond acceptors (Lipinski definition) is 7. The summed E-state index contributed by atoms with van der Waals surface area (Å²) in [4.78, 5) is 35.8. The van der Waals surface area contributed by atoms with Gasteiger partial charge in [0.25, 0.3) is 5.91 Å². The van der Waals surface area contributed by atoms with Crippen molar-refractivity contribution in [3.63, 3.8) is 0 Å². The minimum Gasteiger partial charge on any atom is -0.467 e. The SMILES string of the molecule is O=C(CCN(Cc1ccco1)C(=O)c1csc(Nc2ccc(Cl)c(Cl)c2)n1)NCc1ccccn1. The molecule has 8 nitrogen and oxygen atoms in total. The molecule has 0 saturated carbocycles. The molecule has 0 saturated heterocycles. The van der Waals surface area contributed by atoms with Crippen LogP contribution in [0.1, 0.15) is 28.4 Å². The lowest BCUT2D eigenvalue weighted by atomic mass is 10.3. The summed E-state index contributed by atoms with van der Waals surface area (Å²) in [6.07, 6.45) is 3.33. The first kappa shape index (κ1) is 24.7. The molecule has 0 aliphatic rings. The number of nitrogens with one attached hydrogen (secondary N) is 2. The van der Waals surface area contributed by atoms with Crippen molar-refractivity contribution in [2.75, 3.05) is 11.9 Å². The van der Waals surface area contributed by atoms with Crippen LogP contribution in [0.25, 0.3) is 0 Å². The van der Waals surface area contributed by atoms with Gasteiger partial charge in [-0.05, 0) is 42.5 Å². The Labute approximate surface area is 215 Å². The molecule has 0 fully saturated rings. The third kappa shape index (κ3) is 7.05. The van der Waals surface area contributed by atoms with Crippen LogP contribution in [0.2, 0.25) is 10.0 Å². The van der Waals surface area contributed by atoms with Crippen molar-refractivity contribution < 1.29 is 14.0 Å². The fraction of sp³-hybridized carbons (Fsp3) is 0.167. The molecule has 0 aliphatic heterocycles. The molecule has 3 aromatic heterocycles. The molecule has 0 aliphatic carbocycles. The van der Waals surface area contributed by atoms with Crippen LogP contribution in [0, 0.1) is 0 Å². The molecule has 3 heterocycles. The van der Waals surface area contributed by atoms with Gasteiger partial charge < -0.3 is 20.0 Å². The molecule has 11 heteroatoms. The predicted molar refractivity (Wildman–Crippen MR) is 136 cm³/mol. The van der Waals surface area contributed by atoms with Gasteiger partial charge in [-0.25, -0.2) is 4.98 Å². The molecule has 4 rings (SSSR count). The fourth-order valence-electron chi connectivity index (χ4n) is 3.15. The number of nitrogens with zero attached hydrogens (tertiary/aromatic N) is 3. The van der Waals surface area contributed by atoms with E-state index in [1.54, 1.807) is 48.2 Å². The summed E-state index contributed by atoms with van der Waals surface area (Å²) in [5.74, 6) is 0.113. The first-order valence-corrected chi connectivity index (χ1v) is 12.3. The quantitative estimate of drug-likeness (QED) is 0.280. The lowest BCUT2D eigenvalue weighted by Gasteiger charge is -2.20. The Hall–Kier alpha value is -3.40. The topological polar surface area (TPSA) is 100 Å². The summed E-state index contributed by atoms with van der Waals surface area (Å²) in [6, 6.07) is 14.2. The molecule has 4 aromatic rings. The third-order valence-corrected chi connectivity index (χ3v) is 6.41. The number of halogens is 2. The molecule has 1 aromatic carbocycles. The van der Waals surface area contributed by atoms with Crippen molar-refractivity contribution in [1.29, 1.82) is 0 Å². The maximum Gasteiger partial charge on any atom is 0.273 e. The highest BCUT2D eigenvalue weighted by Gasteiger charge is 2.21. The summed E-state index contributed by atoms with van der Waals surface area (Å²) in [5, 5.41) is 9.00. The first-order chi connectivity index (χ1) is 17.0. The number of anilines is 2. The summed E-state index contributed by atoms with van der Waals surface area (Å²) in [6.45, 7) is 0.731. The van der Waals surface area contributed by atoms with Gasteiger partial charge in [0.15, 0.2) is 5.13 Å². The number of carbonyl (C=O) groups excluding carboxylic acids is 2. The maximum absolute atomic E-state index is 13.2. The van der Waals surface area contributed by atoms with Crippen LogP contribution in [-0.4, -0.2) is 33.2 Å². The van der Waals surface area contributed by atoms with Gasteiger partial charge in [0, 0.05) is 30.2 Å². The lowest BCUT2D eigenvalue weighted by Crippen LogP contribution is -2.35. The zero-order chi connectivity index (χ0) is 24.6. The second kappa shape index (κ2) is 11.8. The van der Waals surface area contributed by atoms with Crippen molar-refractivity contribution in [3.05, 3.63) is 93.6 Å². The number of benzene rings is 1. The van der Waals surface area contributed by atoms with Gasteiger partial charge in [0.05, 0.1) is 35.1 Å². The van der Waals surface area contributed by atoms with Crippen LogP contribution < -0.4 is 10.6 Å². The van der Waals surface area contributed by atoms with E-state index in [2.05, 4.69) is 20.6 Å². The van der Waals surface area contributed by atoms with E-state index in [9.17, 15) is 9.59 Å². The lowest BCUT2D eigenvalue weighted by molar-refractivity contribution is -0.121. The summed E-state index contributed by atoms with van der Waals surface area (Å²) in [5.41, 5.74) is 1.72. The Kier molecular flexibility index (Phi) is 8.36. The highest BCUT2D eigenvalue weighted by Crippen LogP contribution is 2.28. The number of aromatic nitrogens is 2. The second-order valence-corrected chi connectivity index (χ2v) is 9.12. The summed E-state index contributed by atoms with van der Waals surface area (Å²) >= 11 is 13.3.